The highest BCUT2D eigenvalue weighted by molar-refractivity contribution is 6.30. The van der Waals surface area contributed by atoms with Crippen LogP contribution in [-0.2, 0) is 26.2 Å². The third-order valence-corrected chi connectivity index (χ3v) is 5.32. The van der Waals surface area contributed by atoms with Crippen LogP contribution in [0.2, 0.25) is 5.02 Å². The Bertz CT molecular complexity index is 1080. The molecule has 0 aliphatic carbocycles. The smallest absolute Gasteiger partial charge is 0.0685 e. The predicted molar refractivity (Wildman–Crippen MR) is 120 cm³/mol. The van der Waals surface area contributed by atoms with Gasteiger partial charge in [-0.2, -0.15) is 5.10 Å². The molecule has 0 bridgehead atoms. The second kappa shape index (κ2) is 9.72. The maximum absolute atomic E-state index is 9.72. The molecule has 0 saturated heterocycles. The predicted octanol–water partition coefficient (Wildman–Crippen LogP) is 5.22. The number of aliphatic hydroxyl groups excluding tert-OH is 1. The van der Waals surface area contributed by atoms with Crippen LogP contribution in [0.25, 0.3) is 5.69 Å². The minimum absolute atomic E-state index is 0.0455. The minimum atomic E-state index is 0.0455. The Morgan fingerprint density at radius 1 is 0.767 bits per heavy atom. The fourth-order valence-electron chi connectivity index (χ4n) is 3.55. The first kappa shape index (κ1) is 20.4. The largest absolute Gasteiger partial charge is 0.392 e. The van der Waals surface area contributed by atoms with Crippen LogP contribution in [0, 0.1) is 0 Å². The lowest BCUT2D eigenvalue weighted by molar-refractivity contribution is 0.240. The fourth-order valence-corrected chi connectivity index (χ4v) is 3.68. The van der Waals surface area contributed by atoms with Gasteiger partial charge in [-0.3, -0.25) is 4.90 Å². The average molecular weight is 418 g/mol. The number of aromatic nitrogens is 2. The van der Waals surface area contributed by atoms with E-state index in [1.54, 1.807) is 0 Å². The van der Waals surface area contributed by atoms with Gasteiger partial charge in [0.2, 0.25) is 0 Å². The molecule has 0 aliphatic rings. The van der Waals surface area contributed by atoms with E-state index in [1.165, 1.54) is 5.56 Å². The number of halogens is 1. The van der Waals surface area contributed by atoms with Crippen molar-refractivity contribution < 1.29 is 5.11 Å². The van der Waals surface area contributed by atoms with Gasteiger partial charge in [-0.05, 0) is 41.0 Å². The Labute approximate surface area is 182 Å². The van der Waals surface area contributed by atoms with Gasteiger partial charge in [0.05, 0.1) is 18.5 Å². The Morgan fingerprint density at radius 3 is 2.17 bits per heavy atom. The van der Waals surface area contributed by atoms with E-state index in [9.17, 15) is 5.11 Å². The monoisotopic (exact) mass is 417 g/mol. The maximum Gasteiger partial charge on any atom is 0.0685 e. The van der Waals surface area contributed by atoms with Gasteiger partial charge in [-0.15, -0.1) is 0 Å². The lowest BCUT2D eigenvalue weighted by atomic mass is 10.1. The van der Waals surface area contributed by atoms with Crippen molar-refractivity contribution in [2.45, 2.75) is 26.2 Å². The van der Waals surface area contributed by atoms with E-state index in [-0.39, 0.29) is 6.61 Å². The lowest BCUT2D eigenvalue weighted by Gasteiger charge is -2.23. The zero-order chi connectivity index (χ0) is 20.8. The van der Waals surface area contributed by atoms with Crippen LogP contribution in [-0.4, -0.2) is 19.8 Å². The van der Waals surface area contributed by atoms with Crippen LogP contribution in [0.4, 0.5) is 0 Å². The van der Waals surface area contributed by atoms with Crippen molar-refractivity contribution in [2.24, 2.45) is 0 Å². The van der Waals surface area contributed by atoms with Crippen LogP contribution in [0.3, 0.4) is 0 Å². The molecule has 0 aliphatic heterocycles. The molecule has 4 rings (SSSR count). The number of benzene rings is 3. The standard InChI is InChI=1S/C25H24ClN3O/c26-24-10-12-25(13-11-24)29-17-21(14-27-29)16-28(15-20-6-2-1-3-7-20)18-22-8-4-5-9-23(22)19-30/h1-14,17,30H,15-16,18-19H2. The lowest BCUT2D eigenvalue weighted by Crippen LogP contribution is -2.23. The summed E-state index contributed by atoms with van der Waals surface area (Å²) in [5.41, 5.74) is 5.46. The molecule has 0 fully saturated rings. The highest BCUT2D eigenvalue weighted by Crippen LogP contribution is 2.18. The maximum atomic E-state index is 9.72. The zero-order valence-electron chi connectivity index (χ0n) is 16.7. The quantitative estimate of drug-likeness (QED) is 0.427. The molecular formula is C25H24ClN3O. The van der Waals surface area contributed by atoms with Crippen LogP contribution in [0.1, 0.15) is 22.3 Å². The van der Waals surface area contributed by atoms with E-state index >= 15 is 0 Å². The van der Waals surface area contributed by atoms with Gasteiger partial charge in [-0.25, -0.2) is 4.68 Å². The minimum Gasteiger partial charge on any atom is -0.392 e. The van der Waals surface area contributed by atoms with E-state index in [0.717, 1.165) is 42.0 Å². The van der Waals surface area contributed by atoms with Gasteiger partial charge in [0, 0.05) is 36.4 Å². The number of aliphatic hydroxyl groups is 1. The van der Waals surface area contributed by atoms with Crippen molar-refractivity contribution in [1.29, 1.82) is 0 Å². The van der Waals surface area contributed by atoms with Gasteiger partial charge < -0.3 is 5.11 Å². The summed E-state index contributed by atoms with van der Waals surface area (Å²) in [5, 5.41) is 15.0. The topological polar surface area (TPSA) is 41.3 Å². The van der Waals surface area contributed by atoms with Crippen LogP contribution in [0.5, 0.6) is 0 Å². The molecule has 0 radical (unpaired) electrons. The molecule has 30 heavy (non-hydrogen) atoms. The molecule has 0 unspecified atom stereocenters. The SMILES string of the molecule is OCc1ccccc1CN(Cc1ccccc1)Cc1cnn(-c2ccc(Cl)cc2)c1. The molecule has 0 spiro atoms. The highest BCUT2D eigenvalue weighted by atomic mass is 35.5. The molecule has 5 heteroatoms. The normalized spacial score (nSPS) is 11.2. The molecule has 1 heterocycles. The summed E-state index contributed by atoms with van der Waals surface area (Å²) < 4.78 is 1.87. The van der Waals surface area contributed by atoms with Crippen molar-refractivity contribution in [3.05, 3.63) is 119 Å². The average Bonchev–Trinajstić information content (AvgIpc) is 3.24. The zero-order valence-corrected chi connectivity index (χ0v) is 17.4. The molecule has 4 aromatic rings. The number of nitrogens with zero attached hydrogens (tertiary/aromatic N) is 3. The van der Waals surface area contributed by atoms with Gasteiger partial charge in [0.15, 0.2) is 0 Å². The van der Waals surface area contributed by atoms with Crippen molar-refractivity contribution in [1.82, 2.24) is 14.7 Å². The molecule has 0 saturated carbocycles. The highest BCUT2D eigenvalue weighted by Gasteiger charge is 2.12. The van der Waals surface area contributed by atoms with Crippen molar-refractivity contribution in [2.75, 3.05) is 0 Å². The number of hydrogen-bond donors (Lipinski definition) is 1. The molecule has 152 valence electrons. The summed E-state index contributed by atoms with van der Waals surface area (Å²) in [5.74, 6) is 0. The Balaban J connectivity index is 1.55. The Hall–Kier alpha value is -2.92. The first-order valence-electron chi connectivity index (χ1n) is 9.94. The van der Waals surface area contributed by atoms with Gasteiger partial charge in [-0.1, -0.05) is 66.2 Å². The van der Waals surface area contributed by atoms with E-state index < -0.39 is 0 Å². The van der Waals surface area contributed by atoms with Crippen molar-refractivity contribution in [3.63, 3.8) is 0 Å². The van der Waals surface area contributed by atoms with Crippen LogP contribution in [0.15, 0.2) is 91.3 Å². The molecule has 1 aromatic heterocycles. The van der Waals surface area contributed by atoms with E-state index in [0.29, 0.717) is 5.02 Å². The number of hydrogen-bond acceptors (Lipinski definition) is 3. The van der Waals surface area contributed by atoms with Crippen LogP contribution >= 0.6 is 11.6 Å². The summed E-state index contributed by atoms with van der Waals surface area (Å²) in [7, 11) is 0. The summed E-state index contributed by atoms with van der Waals surface area (Å²) in [6, 6.07) is 26.1. The molecule has 0 atom stereocenters. The molecule has 3 aromatic carbocycles. The third-order valence-electron chi connectivity index (χ3n) is 5.07. The van der Waals surface area contributed by atoms with Crippen LogP contribution < -0.4 is 0 Å². The van der Waals surface area contributed by atoms with Gasteiger partial charge in [0.1, 0.15) is 0 Å². The van der Waals surface area contributed by atoms with Crippen molar-refractivity contribution >= 4 is 11.6 Å². The fraction of sp³-hybridized carbons (Fsp3) is 0.160. The Kier molecular flexibility index (Phi) is 6.60. The summed E-state index contributed by atoms with van der Waals surface area (Å²) in [6.45, 7) is 2.36. The third kappa shape index (κ3) is 5.16. The Morgan fingerprint density at radius 2 is 1.43 bits per heavy atom. The second-order valence-corrected chi connectivity index (χ2v) is 7.76. The van der Waals surface area contributed by atoms with E-state index in [1.807, 2.05) is 59.4 Å². The molecular weight excluding hydrogens is 394 g/mol. The summed E-state index contributed by atoms with van der Waals surface area (Å²) in [6.07, 6.45) is 3.96. The van der Waals surface area contributed by atoms with Gasteiger partial charge in [0.25, 0.3) is 0 Å². The second-order valence-electron chi connectivity index (χ2n) is 7.33. The molecule has 1 N–H and O–H groups in total. The first-order chi connectivity index (χ1) is 14.7. The first-order valence-corrected chi connectivity index (χ1v) is 10.3. The summed E-state index contributed by atoms with van der Waals surface area (Å²) in [4.78, 5) is 2.37. The number of rotatable bonds is 8. The van der Waals surface area contributed by atoms with E-state index in [2.05, 4.69) is 46.5 Å². The van der Waals surface area contributed by atoms with Crippen molar-refractivity contribution in [3.8, 4) is 5.69 Å². The van der Waals surface area contributed by atoms with E-state index in [4.69, 9.17) is 11.6 Å². The molecule has 4 nitrogen and oxygen atoms in total. The molecule has 0 amide bonds. The summed E-state index contributed by atoms with van der Waals surface area (Å²) >= 11 is 6.00. The van der Waals surface area contributed by atoms with Gasteiger partial charge >= 0.3 is 0 Å².